The van der Waals surface area contributed by atoms with Crippen LogP contribution in [-0.4, -0.2) is 50.1 Å². The topological polar surface area (TPSA) is 116 Å². The van der Waals surface area contributed by atoms with E-state index in [-0.39, 0.29) is 18.4 Å². The van der Waals surface area contributed by atoms with Gasteiger partial charge < -0.3 is 10.4 Å². The summed E-state index contributed by atoms with van der Waals surface area (Å²) in [6.45, 7) is 6.24. The SMILES string of the molecule is C=C(CCCO)C(=O)N(CCC)c1nn(C)cc1NC(=O)c1cccc(-c2ccn[nH]2)c1. The van der Waals surface area contributed by atoms with Gasteiger partial charge in [-0.05, 0) is 37.5 Å². The number of amides is 2. The number of benzene rings is 1. The van der Waals surface area contributed by atoms with Crippen LogP contribution in [0.2, 0.25) is 0 Å². The highest BCUT2D eigenvalue weighted by Crippen LogP contribution is 2.27. The minimum Gasteiger partial charge on any atom is -0.396 e. The molecule has 0 saturated carbocycles. The molecule has 3 N–H and O–H groups in total. The molecular weight excluding hydrogens is 408 g/mol. The lowest BCUT2D eigenvalue weighted by molar-refractivity contribution is -0.115. The molecule has 9 heteroatoms. The fourth-order valence-corrected chi connectivity index (χ4v) is 3.32. The molecule has 1 aromatic carbocycles. The average molecular weight is 437 g/mol. The van der Waals surface area contributed by atoms with Crippen LogP contribution in [0.5, 0.6) is 0 Å². The highest BCUT2D eigenvalue weighted by molar-refractivity contribution is 6.10. The first-order valence-corrected chi connectivity index (χ1v) is 10.5. The molecule has 32 heavy (non-hydrogen) atoms. The van der Waals surface area contributed by atoms with Crippen LogP contribution in [0, 0.1) is 0 Å². The van der Waals surface area contributed by atoms with E-state index in [1.165, 1.54) is 4.90 Å². The number of aromatic amines is 1. The molecule has 0 spiro atoms. The molecular formula is C23H28N6O3. The third-order valence-corrected chi connectivity index (χ3v) is 4.88. The van der Waals surface area contributed by atoms with Gasteiger partial charge in [-0.3, -0.25) is 24.3 Å². The molecule has 0 aliphatic rings. The summed E-state index contributed by atoms with van der Waals surface area (Å²) >= 11 is 0. The molecule has 2 aromatic heterocycles. The van der Waals surface area contributed by atoms with Gasteiger partial charge in [0.15, 0.2) is 5.82 Å². The van der Waals surface area contributed by atoms with Crippen LogP contribution in [0.1, 0.15) is 36.5 Å². The molecule has 0 unspecified atom stereocenters. The van der Waals surface area contributed by atoms with Gasteiger partial charge in [-0.2, -0.15) is 10.2 Å². The summed E-state index contributed by atoms with van der Waals surface area (Å²) in [5, 5.41) is 23.2. The Balaban J connectivity index is 1.85. The summed E-state index contributed by atoms with van der Waals surface area (Å²) in [5.74, 6) is -0.220. The first-order valence-electron chi connectivity index (χ1n) is 10.5. The van der Waals surface area contributed by atoms with Crippen LogP contribution in [0.4, 0.5) is 11.5 Å². The van der Waals surface area contributed by atoms with E-state index in [9.17, 15) is 9.59 Å². The van der Waals surface area contributed by atoms with E-state index in [0.29, 0.717) is 48.4 Å². The predicted octanol–water partition coefficient (Wildman–Crippen LogP) is 3.13. The van der Waals surface area contributed by atoms with Crippen molar-refractivity contribution in [2.75, 3.05) is 23.4 Å². The summed E-state index contributed by atoms with van der Waals surface area (Å²) < 4.78 is 1.55. The second-order valence-electron chi connectivity index (χ2n) is 7.43. The Hall–Kier alpha value is -3.72. The molecule has 3 aromatic rings. The first-order chi connectivity index (χ1) is 15.4. The molecule has 0 atom stereocenters. The van der Waals surface area contributed by atoms with Crippen molar-refractivity contribution in [1.82, 2.24) is 20.0 Å². The van der Waals surface area contributed by atoms with Crippen molar-refractivity contribution in [1.29, 1.82) is 0 Å². The zero-order valence-electron chi connectivity index (χ0n) is 18.3. The lowest BCUT2D eigenvalue weighted by Gasteiger charge is -2.22. The Bertz CT molecular complexity index is 1090. The lowest BCUT2D eigenvalue weighted by atomic mass is 10.1. The van der Waals surface area contributed by atoms with Crippen LogP contribution in [-0.2, 0) is 11.8 Å². The van der Waals surface area contributed by atoms with Gasteiger partial charge in [0.25, 0.3) is 11.8 Å². The Morgan fingerprint density at radius 1 is 1.31 bits per heavy atom. The van der Waals surface area contributed by atoms with Gasteiger partial charge in [-0.25, -0.2) is 0 Å². The number of nitrogens with zero attached hydrogens (tertiary/aromatic N) is 4. The number of anilines is 2. The Morgan fingerprint density at radius 3 is 2.81 bits per heavy atom. The molecule has 0 saturated heterocycles. The van der Waals surface area contributed by atoms with Gasteiger partial charge in [0.1, 0.15) is 5.69 Å². The van der Waals surface area contributed by atoms with E-state index >= 15 is 0 Å². The molecule has 0 fully saturated rings. The second-order valence-corrected chi connectivity index (χ2v) is 7.43. The fourth-order valence-electron chi connectivity index (χ4n) is 3.32. The van der Waals surface area contributed by atoms with E-state index in [1.807, 2.05) is 19.1 Å². The first kappa shape index (κ1) is 23.0. The van der Waals surface area contributed by atoms with Crippen molar-refractivity contribution in [2.24, 2.45) is 7.05 Å². The standard InChI is InChI=1S/C23H28N6O3/c1-4-12-29(23(32)16(2)7-6-13-30)21-20(15-28(3)27-21)25-22(31)18-9-5-8-17(14-18)19-10-11-24-26-19/h5,8-11,14-15,30H,2,4,6-7,12-13H2,1,3H3,(H,24,26)(H,25,31). The summed E-state index contributed by atoms with van der Waals surface area (Å²) in [6.07, 6.45) is 4.87. The van der Waals surface area contributed by atoms with Crippen molar-refractivity contribution in [3.63, 3.8) is 0 Å². The van der Waals surface area contributed by atoms with Crippen LogP contribution >= 0.6 is 0 Å². The third kappa shape index (κ3) is 5.30. The van der Waals surface area contributed by atoms with Crippen LogP contribution in [0.3, 0.4) is 0 Å². The molecule has 168 valence electrons. The number of H-pyrrole nitrogens is 1. The summed E-state index contributed by atoms with van der Waals surface area (Å²) in [4.78, 5) is 27.5. The number of carbonyl (C=O) groups excluding carboxylic acids is 2. The largest absolute Gasteiger partial charge is 0.396 e. The van der Waals surface area contributed by atoms with Gasteiger partial charge in [-0.1, -0.05) is 25.6 Å². The van der Waals surface area contributed by atoms with E-state index < -0.39 is 0 Å². The maximum Gasteiger partial charge on any atom is 0.255 e. The Kier molecular flexibility index (Phi) is 7.56. The minimum atomic E-state index is -0.316. The smallest absolute Gasteiger partial charge is 0.255 e. The molecule has 0 aliphatic carbocycles. The quantitative estimate of drug-likeness (QED) is 0.422. The molecule has 2 heterocycles. The fraction of sp³-hybridized carbons (Fsp3) is 0.304. The van der Waals surface area contributed by atoms with Crippen molar-refractivity contribution in [3.8, 4) is 11.3 Å². The van der Waals surface area contributed by atoms with Crippen molar-refractivity contribution in [3.05, 3.63) is 60.4 Å². The lowest BCUT2D eigenvalue weighted by Crippen LogP contribution is -2.34. The maximum atomic E-state index is 13.0. The van der Waals surface area contributed by atoms with Gasteiger partial charge in [0, 0.05) is 43.1 Å². The Morgan fingerprint density at radius 2 is 2.12 bits per heavy atom. The molecule has 0 aliphatic heterocycles. The minimum absolute atomic E-state index is 0.0113. The molecule has 0 bridgehead atoms. The Labute approximate surface area is 186 Å². The monoisotopic (exact) mass is 436 g/mol. The van der Waals surface area contributed by atoms with E-state index in [2.05, 4.69) is 27.2 Å². The number of rotatable bonds is 10. The van der Waals surface area contributed by atoms with E-state index in [0.717, 1.165) is 11.3 Å². The zero-order valence-corrected chi connectivity index (χ0v) is 18.3. The zero-order chi connectivity index (χ0) is 23.1. The van der Waals surface area contributed by atoms with Crippen LogP contribution in [0.15, 0.2) is 54.9 Å². The number of aryl methyl sites for hydroxylation is 1. The average Bonchev–Trinajstić information content (AvgIpc) is 3.45. The molecule has 9 nitrogen and oxygen atoms in total. The van der Waals surface area contributed by atoms with Gasteiger partial charge in [0.2, 0.25) is 0 Å². The van der Waals surface area contributed by atoms with E-state index in [4.69, 9.17) is 5.11 Å². The highest BCUT2D eigenvalue weighted by Gasteiger charge is 2.24. The summed E-state index contributed by atoms with van der Waals surface area (Å²) in [5.41, 5.74) is 2.93. The number of hydrogen-bond acceptors (Lipinski definition) is 5. The summed E-state index contributed by atoms with van der Waals surface area (Å²) in [7, 11) is 1.73. The number of carbonyl (C=O) groups is 2. The maximum absolute atomic E-state index is 13.0. The molecule has 2 amide bonds. The number of nitrogens with one attached hydrogen (secondary N) is 2. The van der Waals surface area contributed by atoms with Crippen molar-refractivity contribution in [2.45, 2.75) is 26.2 Å². The van der Waals surface area contributed by atoms with Gasteiger partial charge >= 0.3 is 0 Å². The number of aliphatic hydroxyl groups is 1. The van der Waals surface area contributed by atoms with Crippen molar-refractivity contribution >= 4 is 23.3 Å². The highest BCUT2D eigenvalue weighted by atomic mass is 16.3. The third-order valence-electron chi connectivity index (χ3n) is 4.88. The van der Waals surface area contributed by atoms with Gasteiger partial charge in [0.05, 0.1) is 11.9 Å². The normalized spacial score (nSPS) is 10.7. The molecule has 3 rings (SSSR count). The number of aromatic nitrogens is 4. The second kappa shape index (κ2) is 10.5. The number of hydrogen-bond donors (Lipinski definition) is 3. The summed E-state index contributed by atoms with van der Waals surface area (Å²) in [6, 6.07) is 9.00. The van der Waals surface area contributed by atoms with Crippen LogP contribution in [0.25, 0.3) is 11.3 Å². The number of aliphatic hydroxyl groups excluding tert-OH is 1. The molecule has 0 radical (unpaired) electrons. The predicted molar refractivity (Wildman–Crippen MR) is 123 cm³/mol. The van der Waals surface area contributed by atoms with E-state index in [1.54, 1.807) is 42.3 Å². The van der Waals surface area contributed by atoms with Crippen molar-refractivity contribution < 1.29 is 14.7 Å². The van der Waals surface area contributed by atoms with Gasteiger partial charge in [-0.15, -0.1) is 0 Å². The van der Waals surface area contributed by atoms with Crippen LogP contribution < -0.4 is 10.2 Å².